The number of benzene rings is 1. The fraction of sp³-hybridized carbons (Fsp3) is 0.357. The summed E-state index contributed by atoms with van der Waals surface area (Å²) in [6.07, 6.45) is 1.05. The van der Waals surface area contributed by atoms with E-state index in [0.717, 1.165) is 40.3 Å². The summed E-state index contributed by atoms with van der Waals surface area (Å²) in [4.78, 5) is 4.59. The molecule has 0 saturated heterocycles. The van der Waals surface area contributed by atoms with Gasteiger partial charge in [-0.1, -0.05) is 35.0 Å². The number of hydrogen-bond donors (Lipinski definition) is 1. The normalized spacial score (nSPS) is 10.9. The first-order chi connectivity index (χ1) is 8.54. The minimum atomic E-state index is 0.755. The van der Waals surface area contributed by atoms with Crippen molar-refractivity contribution in [3.05, 3.63) is 34.1 Å². The van der Waals surface area contributed by atoms with Gasteiger partial charge in [0.05, 0.1) is 0 Å². The zero-order chi connectivity index (χ0) is 13.3. The van der Waals surface area contributed by atoms with Gasteiger partial charge in [-0.3, -0.25) is 0 Å². The second kappa shape index (κ2) is 5.14. The average Bonchev–Trinajstić information content (AvgIpc) is 2.61. The Labute approximate surface area is 116 Å². The van der Waals surface area contributed by atoms with Gasteiger partial charge in [-0.15, -0.1) is 0 Å². The number of aryl methyl sites for hydroxylation is 2. The Morgan fingerprint density at radius 2 is 2.06 bits per heavy atom. The standard InChI is InChI=1S/C14H18BrN3/c1-4-7-18-10(3)17-13(14(18)16)11-6-5-9(2)12(15)8-11/h5-6,8H,4,7,16H2,1-3H3. The molecule has 1 heterocycles. The molecule has 0 aliphatic rings. The molecule has 0 aliphatic heterocycles. The van der Waals surface area contributed by atoms with Crippen molar-refractivity contribution >= 4 is 21.7 Å². The second-order valence-electron chi connectivity index (χ2n) is 4.51. The summed E-state index contributed by atoms with van der Waals surface area (Å²) in [5.41, 5.74) is 9.34. The number of halogens is 1. The van der Waals surface area contributed by atoms with E-state index < -0.39 is 0 Å². The molecule has 0 spiro atoms. The number of imidazole rings is 1. The number of nitrogens with zero attached hydrogens (tertiary/aromatic N) is 2. The molecule has 0 bridgehead atoms. The van der Waals surface area contributed by atoms with E-state index in [9.17, 15) is 0 Å². The van der Waals surface area contributed by atoms with Crippen molar-refractivity contribution in [2.45, 2.75) is 33.7 Å². The molecule has 0 atom stereocenters. The number of anilines is 1. The van der Waals surface area contributed by atoms with Gasteiger partial charge in [0.15, 0.2) is 0 Å². The maximum atomic E-state index is 6.20. The number of aromatic nitrogens is 2. The van der Waals surface area contributed by atoms with E-state index >= 15 is 0 Å². The van der Waals surface area contributed by atoms with Crippen molar-refractivity contribution in [1.82, 2.24) is 9.55 Å². The summed E-state index contributed by atoms with van der Waals surface area (Å²) in [6, 6.07) is 6.21. The van der Waals surface area contributed by atoms with Gasteiger partial charge in [0.1, 0.15) is 17.3 Å². The summed E-state index contributed by atoms with van der Waals surface area (Å²) in [5, 5.41) is 0. The van der Waals surface area contributed by atoms with Crippen LogP contribution in [0.2, 0.25) is 0 Å². The zero-order valence-electron chi connectivity index (χ0n) is 11.0. The Hall–Kier alpha value is -1.29. The predicted octanol–water partition coefficient (Wildman–Crippen LogP) is 3.92. The molecule has 2 N–H and O–H groups in total. The largest absolute Gasteiger partial charge is 0.383 e. The third-order valence-corrected chi connectivity index (χ3v) is 3.94. The average molecular weight is 308 g/mol. The quantitative estimate of drug-likeness (QED) is 0.934. The van der Waals surface area contributed by atoms with Crippen molar-refractivity contribution in [2.24, 2.45) is 0 Å². The van der Waals surface area contributed by atoms with Crippen LogP contribution in [-0.4, -0.2) is 9.55 Å². The van der Waals surface area contributed by atoms with Gasteiger partial charge in [0.2, 0.25) is 0 Å². The number of hydrogen-bond acceptors (Lipinski definition) is 2. The summed E-state index contributed by atoms with van der Waals surface area (Å²) in [5.74, 6) is 1.73. The fourth-order valence-electron chi connectivity index (χ4n) is 2.04. The molecule has 3 nitrogen and oxygen atoms in total. The number of nitrogens with two attached hydrogens (primary N) is 1. The first kappa shape index (κ1) is 13.1. The maximum Gasteiger partial charge on any atom is 0.131 e. The highest BCUT2D eigenvalue weighted by Crippen LogP contribution is 2.29. The molecule has 0 radical (unpaired) electrons. The van der Waals surface area contributed by atoms with E-state index in [2.05, 4.69) is 57.5 Å². The van der Waals surface area contributed by atoms with E-state index in [0.29, 0.717) is 0 Å². The lowest BCUT2D eigenvalue weighted by Crippen LogP contribution is -2.04. The maximum absolute atomic E-state index is 6.20. The van der Waals surface area contributed by atoms with Gasteiger partial charge in [-0.25, -0.2) is 4.98 Å². The topological polar surface area (TPSA) is 43.8 Å². The highest BCUT2D eigenvalue weighted by atomic mass is 79.9. The SMILES string of the molecule is CCCn1c(C)nc(-c2ccc(C)c(Br)c2)c1N. The summed E-state index contributed by atoms with van der Waals surface area (Å²) < 4.78 is 3.16. The molecular formula is C14H18BrN3. The van der Waals surface area contributed by atoms with Gasteiger partial charge in [0.25, 0.3) is 0 Å². The highest BCUT2D eigenvalue weighted by molar-refractivity contribution is 9.10. The van der Waals surface area contributed by atoms with Crippen LogP contribution in [0.1, 0.15) is 24.7 Å². The van der Waals surface area contributed by atoms with Gasteiger partial charge in [-0.05, 0) is 31.9 Å². The minimum absolute atomic E-state index is 0.755. The third kappa shape index (κ3) is 2.29. The van der Waals surface area contributed by atoms with E-state index in [1.807, 2.05) is 6.92 Å². The van der Waals surface area contributed by atoms with Crippen LogP contribution in [0.4, 0.5) is 5.82 Å². The van der Waals surface area contributed by atoms with E-state index in [1.54, 1.807) is 0 Å². The lowest BCUT2D eigenvalue weighted by Gasteiger charge is -2.06. The third-order valence-electron chi connectivity index (χ3n) is 3.09. The molecule has 2 rings (SSSR count). The van der Waals surface area contributed by atoms with Crippen molar-refractivity contribution in [1.29, 1.82) is 0 Å². The molecule has 1 aromatic heterocycles. The molecular weight excluding hydrogens is 290 g/mol. The van der Waals surface area contributed by atoms with Crippen LogP contribution in [0.15, 0.2) is 22.7 Å². The summed E-state index contributed by atoms with van der Waals surface area (Å²) in [7, 11) is 0. The molecule has 0 amide bonds. The molecule has 0 aliphatic carbocycles. The first-order valence-corrected chi connectivity index (χ1v) is 6.93. The van der Waals surface area contributed by atoms with Crippen molar-refractivity contribution in [3.8, 4) is 11.3 Å². The van der Waals surface area contributed by atoms with Gasteiger partial charge in [0, 0.05) is 16.6 Å². The van der Waals surface area contributed by atoms with Gasteiger partial charge >= 0.3 is 0 Å². The molecule has 0 unspecified atom stereocenters. The Morgan fingerprint density at radius 3 is 2.67 bits per heavy atom. The molecule has 4 heteroatoms. The van der Waals surface area contributed by atoms with Crippen LogP contribution in [-0.2, 0) is 6.54 Å². The Bertz CT molecular complexity index is 573. The number of nitrogen functional groups attached to an aromatic ring is 1. The van der Waals surface area contributed by atoms with E-state index in [-0.39, 0.29) is 0 Å². The van der Waals surface area contributed by atoms with Crippen molar-refractivity contribution < 1.29 is 0 Å². The second-order valence-corrected chi connectivity index (χ2v) is 5.36. The monoisotopic (exact) mass is 307 g/mol. The minimum Gasteiger partial charge on any atom is -0.383 e. The number of rotatable bonds is 3. The molecule has 96 valence electrons. The highest BCUT2D eigenvalue weighted by Gasteiger charge is 2.13. The predicted molar refractivity (Wildman–Crippen MR) is 79.5 cm³/mol. The van der Waals surface area contributed by atoms with Crippen LogP contribution in [0.5, 0.6) is 0 Å². The summed E-state index contributed by atoms with van der Waals surface area (Å²) in [6.45, 7) is 7.12. The first-order valence-electron chi connectivity index (χ1n) is 6.13. The van der Waals surface area contributed by atoms with Crippen LogP contribution < -0.4 is 5.73 Å². The Kier molecular flexibility index (Phi) is 3.76. The van der Waals surface area contributed by atoms with E-state index in [1.165, 1.54) is 5.56 Å². The Balaban J connectivity index is 2.50. The Morgan fingerprint density at radius 1 is 1.33 bits per heavy atom. The molecule has 1 aromatic carbocycles. The summed E-state index contributed by atoms with van der Waals surface area (Å²) >= 11 is 3.55. The van der Waals surface area contributed by atoms with E-state index in [4.69, 9.17) is 5.73 Å². The molecule has 2 aromatic rings. The zero-order valence-corrected chi connectivity index (χ0v) is 12.6. The van der Waals surface area contributed by atoms with Crippen LogP contribution in [0.3, 0.4) is 0 Å². The van der Waals surface area contributed by atoms with Crippen LogP contribution in [0.25, 0.3) is 11.3 Å². The molecule has 18 heavy (non-hydrogen) atoms. The lowest BCUT2D eigenvalue weighted by molar-refractivity contribution is 0.665. The van der Waals surface area contributed by atoms with Crippen molar-refractivity contribution in [2.75, 3.05) is 5.73 Å². The van der Waals surface area contributed by atoms with Gasteiger partial charge < -0.3 is 10.3 Å². The van der Waals surface area contributed by atoms with Crippen molar-refractivity contribution in [3.63, 3.8) is 0 Å². The van der Waals surface area contributed by atoms with Crippen LogP contribution >= 0.6 is 15.9 Å². The molecule has 0 fully saturated rings. The van der Waals surface area contributed by atoms with Crippen LogP contribution in [0, 0.1) is 13.8 Å². The van der Waals surface area contributed by atoms with Gasteiger partial charge in [-0.2, -0.15) is 0 Å². The smallest absolute Gasteiger partial charge is 0.131 e. The lowest BCUT2D eigenvalue weighted by atomic mass is 10.1. The fourth-order valence-corrected chi connectivity index (χ4v) is 2.42. The molecule has 0 saturated carbocycles.